The molecule has 0 saturated heterocycles. The molecule has 2 rings (SSSR count). The SMILES string of the molecule is Cc1nc(Cl)c(C)c(Cc2nccs2)n1. The first-order valence-electron chi connectivity index (χ1n) is 4.55. The molecule has 0 radical (unpaired) electrons. The lowest BCUT2D eigenvalue weighted by molar-refractivity contribution is 0.938. The van der Waals surface area contributed by atoms with E-state index in [0.29, 0.717) is 11.0 Å². The molecule has 0 bridgehead atoms. The summed E-state index contributed by atoms with van der Waals surface area (Å²) in [6, 6.07) is 0. The van der Waals surface area contributed by atoms with Crippen LogP contribution in [0.3, 0.4) is 0 Å². The van der Waals surface area contributed by atoms with Gasteiger partial charge in [-0.15, -0.1) is 11.3 Å². The predicted octanol–water partition coefficient (Wildman–Crippen LogP) is 2.79. The van der Waals surface area contributed by atoms with Crippen LogP contribution < -0.4 is 0 Å². The topological polar surface area (TPSA) is 38.7 Å². The zero-order valence-corrected chi connectivity index (χ0v) is 10.1. The van der Waals surface area contributed by atoms with Crippen LogP contribution in [-0.2, 0) is 6.42 Å². The van der Waals surface area contributed by atoms with E-state index in [-0.39, 0.29) is 0 Å². The summed E-state index contributed by atoms with van der Waals surface area (Å²) in [6.45, 7) is 3.78. The molecule has 0 fully saturated rings. The van der Waals surface area contributed by atoms with E-state index in [1.165, 1.54) is 0 Å². The molecule has 0 aromatic carbocycles. The minimum atomic E-state index is 0.536. The molecule has 15 heavy (non-hydrogen) atoms. The Bertz CT molecular complexity index is 468. The Hall–Kier alpha value is -1.00. The highest BCUT2D eigenvalue weighted by Crippen LogP contribution is 2.19. The van der Waals surface area contributed by atoms with Gasteiger partial charge in [0.05, 0.1) is 10.7 Å². The van der Waals surface area contributed by atoms with Crippen LogP contribution >= 0.6 is 22.9 Å². The number of nitrogens with zero attached hydrogens (tertiary/aromatic N) is 3. The van der Waals surface area contributed by atoms with Gasteiger partial charge < -0.3 is 0 Å². The molecule has 78 valence electrons. The normalized spacial score (nSPS) is 10.6. The first-order valence-corrected chi connectivity index (χ1v) is 5.80. The highest BCUT2D eigenvalue weighted by Gasteiger charge is 2.09. The van der Waals surface area contributed by atoms with E-state index < -0.39 is 0 Å². The minimum Gasteiger partial charge on any atom is -0.249 e. The summed E-state index contributed by atoms with van der Waals surface area (Å²) in [4.78, 5) is 12.7. The van der Waals surface area contributed by atoms with Crippen molar-refractivity contribution in [3.8, 4) is 0 Å². The summed E-state index contributed by atoms with van der Waals surface area (Å²) in [6.07, 6.45) is 2.53. The number of rotatable bonds is 2. The molecule has 0 N–H and O–H groups in total. The number of aryl methyl sites for hydroxylation is 1. The molecule has 0 aliphatic carbocycles. The fourth-order valence-electron chi connectivity index (χ4n) is 1.30. The van der Waals surface area contributed by atoms with Gasteiger partial charge in [-0.3, -0.25) is 0 Å². The van der Waals surface area contributed by atoms with Crippen molar-refractivity contribution in [3.63, 3.8) is 0 Å². The van der Waals surface area contributed by atoms with Crippen molar-refractivity contribution in [1.29, 1.82) is 0 Å². The quantitative estimate of drug-likeness (QED) is 0.757. The van der Waals surface area contributed by atoms with Crippen LogP contribution in [-0.4, -0.2) is 15.0 Å². The number of hydrogen-bond donors (Lipinski definition) is 0. The van der Waals surface area contributed by atoms with Crippen LogP contribution in [0.5, 0.6) is 0 Å². The lowest BCUT2D eigenvalue weighted by Crippen LogP contribution is -2.01. The molecule has 0 saturated carbocycles. The monoisotopic (exact) mass is 239 g/mol. The van der Waals surface area contributed by atoms with Crippen molar-refractivity contribution < 1.29 is 0 Å². The molecule has 0 aliphatic heterocycles. The molecule has 2 aromatic heterocycles. The molecule has 5 heteroatoms. The molecule has 0 aliphatic rings. The maximum absolute atomic E-state index is 5.99. The molecule has 0 unspecified atom stereocenters. The molecule has 0 spiro atoms. The third kappa shape index (κ3) is 2.33. The Balaban J connectivity index is 2.36. The number of halogens is 1. The average molecular weight is 240 g/mol. The van der Waals surface area contributed by atoms with Gasteiger partial charge >= 0.3 is 0 Å². The first kappa shape index (κ1) is 10.5. The minimum absolute atomic E-state index is 0.536. The zero-order valence-electron chi connectivity index (χ0n) is 8.49. The van der Waals surface area contributed by atoms with Gasteiger partial charge in [-0.1, -0.05) is 11.6 Å². The van der Waals surface area contributed by atoms with E-state index in [1.54, 1.807) is 17.5 Å². The van der Waals surface area contributed by atoms with Crippen molar-refractivity contribution in [3.05, 3.63) is 38.8 Å². The van der Waals surface area contributed by atoms with Gasteiger partial charge in [0.2, 0.25) is 0 Å². The molecule has 2 aromatic rings. The van der Waals surface area contributed by atoms with Crippen molar-refractivity contribution in [1.82, 2.24) is 15.0 Å². The molecule has 3 nitrogen and oxygen atoms in total. The van der Waals surface area contributed by atoms with E-state index in [4.69, 9.17) is 11.6 Å². The fourth-order valence-corrected chi connectivity index (χ4v) is 2.16. The average Bonchev–Trinajstić information content (AvgIpc) is 2.66. The van der Waals surface area contributed by atoms with Crippen LogP contribution in [0.4, 0.5) is 0 Å². The van der Waals surface area contributed by atoms with Crippen LogP contribution in [0.1, 0.15) is 22.1 Å². The van der Waals surface area contributed by atoms with Crippen LogP contribution in [0, 0.1) is 13.8 Å². The Labute approximate surface area is 97.2 Å². The number of thiazole rings is 1. The number of aromatic nitrogens is 3. The van der Waals surface area contributed by atoms with Crippen LogP contribution in [0.25, 0.3) is 0 Å². The van der Waals surface area contributed by atoms with Gasteiger partial charge in [-0.2, -0.15) is 0 Å². The molecular weight excluding hydrogens is 230 g/mol. The van der Waals surface area contributed by atoms with Gasteiger partial charge in [0.15, 0.2) is 0 Å². The van der Waals surface area contributed by atoms with Gasteiger partial charge in [-0.25, -0.2) is 15.0 Å². The van der Waals surface area contributed by atoms with Gasteiger partial charge in [0, 0.05) is 23.6 Å². The molecule has 0 atom stereocenters. The van der Waals surface area contributed by atoms with E-state index >= 15 is 0 Å². The second kappa shape index (κ2) is 4.24. The lowest BCUT2D eigenvalue weighted by Gasteiger charge is -2.05. The fraction of sp³-hybridized carbons (Fsp3) is 0.300. The van der Waals surface area contributed by atoms with E-state index in [1.807, 2.05) is 19.2 Å². The summed E-state index contributed by atoms with van der Waals surface area (Å²) < 4.78 is 0. The highest BCUT2D eigenvalue weighted by molar-refractivity contribution is 7.09. The van der Waals surface area contributed by atoms with Crippen LogP contribution in [0.15, 0.2) is 11.6 Å². The Morgan fingerprint density at radius 2 is 2.13 bits per heavy atom. The van der Waals surface area contributed by atoms with E-state index in [0.717, 1.165) is 22.7 Å². The largest absolute Gasteiger partial charge is 0.249 e. The van der Waals surface area contributed by atoms with Crippen molar-refractivity contribution >= 4 is 22.9 Å². The van der Waals surface area contributed by atoms with Crippen molar-refractivity contribution in [2.45, 2.75) is 20.3 Å². The smallest absolute Gasteiger partial charge is 0.135 e. The summed E-state index contributed by atoms with van der Waals surface area (Å²) in [5.74, 6) is 0.706. The second-order valence-electron chi connectivity index (χ2n) is 3.24. The summed E-state index contributed by atoms with van der Waals surface area (Å²) in [5, 5.41) is 3.54. The Morgan fingerprint density at radius 1 is 1.33 bits per heavy atom. The summed E-state index contributed by atoms with van der Waals surface area (Å²) >= 11 is 7.61. The molecule has 0 amide bonds. The Kier molecular flexibility index (Phi) is 2.98. The maximum atomic E-state index is 5.99. The third-order valence-corrected chi connectivity index (χ3v) is 3.25. The molecule has 2 heterocycles. The zero-order chi connectivity index (χ0) is 10.8. The second-order valence-corrected chi connectivity index (χ2v) is 4.57. The van der Waals surface area contributed by atoms with Gasteiger partial charge in [0.25, 0.3) is 0 Å². The maximum Gasteiger partial charge on any atom is 0.135 e. The lowest BCUT2D eigenvalue weighted by atomic mass is 10.2. The first-order chi connectivity index (χ1) is 7.16. The van der Waals surface area contributed by atoms with Crippen molar-refractivity contribution in [2.24, 2.45) is 0 Å². The van der Waals surface area contributed by atoms with Crippen molar-refractivity contribution in [2.75, 3.05) is 0 Å². The van der Waals surface area contributed by atoms with Crippen LogP contribution in [0.2, 0.25) is 5.15 Å². The standard InChI is InChI=1S/C10H10ClN3S/c1-6-8(5-9-12-3-4-15-9)13-7(2)14-10(6)11/h3-4H,5H2,1-2H3. The number of hydrogen-bond acceptors (Lipinski definition) is 4. The van der Waals surface area contributed by atoms with E-state index in [2.05, 4.69) is 15.0 Å². The highest BCUT2D eigenvalue weighted by atomic mass is 35.5. The summed E-state index contributed by atoms with van der Waals surface area (Å²) in [7, 11) is 0. The molecular formula is C10H10ClN3S. The van der Waals surface area contributed by atoms with E-state index in [9.17, 15) is 0 Å². The van der Waals surface area contributed by atoms with Gasteiger partial charge in [-0.05, 0) is 13.8 Å². The Morgan fingerprint density at radius 3 is 2.80 bits per heavy atom. The predicted molar refractivity (Wildman–Crippen MR) is 61.4 cm³/mol. The third-order valence-electron chi connectivity index (χ3n) is 2.10. The summed E-state index contributed by atoms with van der Waals surface area (Å²) in [5.41, 5.74) is 1.90. The van der Waals surface area contributed by atoms with Gasteiger partial charge in [0.1, 0.15) is 11.0 Å².